The summed E-state index contributed by atoms with van der Waals surface area (Å²) in [6.45, 7) is 2.66. The molecule has 0 atom stereocenters. The molecule has 0 fully saturated rings. The summed E-state index contributed by atoms with van der Waals surface area (Å²) in [6.07, 6.45) is 0.999. The van der Waals surface area contributed by atoms with Crippen LogP contribution in [0, 0.1) is 0 Å². The lowest BCUT2D eigenvalue weighted by atomic mass is 10.1. The Bertz CT molecular complexity index is 709. The highest BCUT2D eigenvalue weighted by Gasteiger charge is 2.08. The minimum Gasteiger partial charge on any atom is -0.494 e. The molecule has 22 heavy (non-hydrogen) atoms. The van der Waals surface area contributed by atoms with Crippen LogP contribution in [0.25, 0.3) is 11.3 Å². The third kappa shape index (κ3) is 4.18. The zero-order chi connectivity index (χ0) is 15.9. The zero-order valence-corrected chi connectivity index (χ0v) is 12.3. The van der Waals surface area contributed by atoms with Crippen molar-refractivity contribution in [3.63, 3.8) is 0 Å². The zero-order valence-electron chi connectivity index (χ0n) is 12.3. The standard InChI is InChI=1S/C16H18N2O4/c1-2-8-22-13-5-3-4-11(9-13)14-10-12(6-7-15(19)20)16(21)18-17-14/h3-5,9-10H,2,6-8H2,1H3,(H,18,21)(H,19,20). The summed E-state index contributed by atoms with van der Waals surface area (Å²) in [6, 6.07) is 9.04. The summed E-state index contributed by atoms with van der Waals surface area (Å²) in [5, 5.41) is 15.2. The van der Waals surface area contributed by atoms with Crippen LogP contribution in [0.2, 0.25) is 0 Å². The van der Waals surface area contributed by atoms with Crippen LogP contribution in [-0.2, 0) is 11.2 Å². The first-order valence-electron chi connectivity index (χ1n) is 7.13. The fourth-order valence-electron chi connectivity index (χ4n) is 1.99. The Kier molecular flexibility index (Phi) is 5.30. The third-order valence-electron chi connectivity index (χ3n) is 3.09. The van der Waals surface area contributed by atoms with Crippen molar-refractivity contribution in [2.45, 2.75) is 26.2 Å². The Labute approximate surface area is 127 Å². The van der Waals surface area contributed by atoms with E-state index in [0.29, 0.717) is 17.9 Å². The van der Waals surface area contributed by atoms with E-state index in [1.807, 2.05) is 31.2 Å². The molecule has 6 heteroatoms. The van der Waals surface area contributed by atoms with Gasteiger partial charge in [0, 0.05) is 17.5 Å². The highest BCUT2D eigenvalue weighted by atomic mass is 16.5. The normalized spacial score (nSPS) is 10.4. The van der Waals surface area contributed by atoms with Crippen molar-refractivity contribution in [3.05, 3.63) is 46.2 Å². The largest absolute Gasteiger partial charge is 0.494 e. The van der Waals surface area contributed by atoms with E-state index in [1.54, 1.807) is 6.07 Å². The number of benzene rings is 1. The molecule has 0 amide bonds. The molecule has 0 spiro atoms. The van der Waals surface area contributed by atoms with Crippen molar-refractivity contribution in [3.8, 4) is 17.0 Å². The van der Waals surface area contributed by atoms with Gasteiger partial charge in [-0.2, -0.15) is 5.10 Å². The van der Waals surface area contributed by atoms with Gasteiger partial charge < -0.3 is 9.84 Å². The summed E-state index contributed by atoms with van der Waals surface area (Å²) in [5.41, 5.74) is 1.44. The first-order chi connectivity index (χ1) is 10.6. The summed E-state index contributed by atoms with van der Waals surface area (Å²) in [5.74, 6) is -0.202. The van der Waals surface area contributed by atoms with Gasteiger partial charge in [0.2, 0.25) is 0 Å². The SMILES string of the molecule is CCCOc1cccc(-c2cc(CCC(=O)O)c(=O)[nH]n2)c1. The molecule has 6 nitrogen and oxygen atoms in total. The molecule has 0 radical (unpaired) electrons. The van der Waals surface area contributed by atoms with E-state index in [1.165, 1.54) is 0 Å². The molecule has 1 aromatic heterocycles. The third-order valence-corrected chi connectivity index (χ3v) is 3.09. The maximum Gasteiger partial charge on any atom is 0.303 e. The van der Waals surface area contributed by atoms with Gasteiger partial charge in [-0.25, -0.2) is 5.10 Å². The molecule has 0 aliphatic rings. The lowest BCUT2D eigenvalue weighted by Gasteiger charge is -2.07. The second-order valence-corrected chi connectivity index (χ2v) is 4.88. The molecule has 2 N–H and O–H groups in total. The highest BCUT2D eigenvalue weighted by molar-refractivity contribution is 5.67. The summed E-state index contributed by atoms with van der Waals surface area (Å²) < 4.78 is 5.57. The fraction of sp³-hybridized carbons (Fsp3) is 0.312. The van der Waals surface area contributed by atoms with E-state index in [0.717, 1.165) is 17.7 Å². The van der Waals surface area contributed by atoms with Crippen molar-refractivity contribution in [1.29, 1.82) is 0 Å². The fourth-order valence-corrected chi connectivity index (χ4v) is 1.99. The number of carboxylic acid groups (broad SMARTS) is 1. The maximum absolute atomic E-state index is 11.7. The Morgan fingerprint density at radius 2 is 2.18 bits per heavy atom. The molecular weight excluding hydrogens is 284 g/mol. The number of aromatic amines is 1. The number of ether oxygens (including phenoxy) is 1. The number of rotatable bonds is 7. The minimum atomic E-state index is -0.937. The van der Waals surface area contributed by atoms with Gasteiger partial charge in [0.1, 0.15) is 5.75 Å². The number of carbonyl (C=O) groups is 1. The maximum atomic E-state index is 11.7. The molecule has 2 aromatic rings. The Balaban J connectivity index is 2.26. The van der Waals surface area contributed by atoms with Crippen LogP contribution in [0.5, 0.6) is 5.75 Å². The van der Waals surface area contributed by atoms with Gasteiger partial charge in [-0.3, -0.25) is 9.59 Å². The molecule has 1 heterocycles. The number of nitrogens with one attached hydrogen (secondary N) is 1. The van der Waals surface area contributed by atoms with Crippen LogP contribution < -0.4 is 10.3 Å². The number of aromatic nitrogens is 2. The van der Waals surface area contributed by atoms with Crippen molar-refractivity contribution in [2.75, 3.05) is 6.61 Å². The number of aryl methyl sites for hydroxylation is 1. The number of H-pyrrole nitrogens is 1. The van der Waals surface area contributed by atoms with Gasteiger partial charge in [0.05, 0.1) is 12.3 Å². The number of hydrogen-bond donors (Lipinski definition) is 2. The molecule has 0 saturated heterocycles. The molecule has 116 valence electrons. The van der Waals surface area contributed by atoms with Crippen LogP contribution in [0.3, 0.4) is 0 Å². The summed E-state index contributed by atoms with van der Waals surface area (Å²) >= 11 is 0. The van der Waals surface area contributed by atoms with Gasteiger partial charge >= 0.3 is 5.97 Å². The van der Waals surface area contributed by atoms with Crippen LogP contribution in [-0.4, -0.2) is 27.9 Å². The Hall–Kier alpha value is -2.63. The molecule has 0 unspecified atom stereocenters. The van der Waals surface area contributed by atoms with Crippen molar-refractivity contribution >= 4 is 5.97 Å². The smallest absolute Gasteiger partial charge is 0.303 e. The van der Waals surface area contributed by atoms with E-state index >= 15 is 0 Å². The summed E-state index contributed by atoms with van der Waals surface area (Å²) in [7, 11) is 0. The Morgan fingerprint density at radius 1 is 1.36 bits per heavy atom. The van der Waals surface area contributed by atoms with E-state index in [9.17, 15) is 9.59 Å². The second-order valence-electron chi connectivity index (χ2n) is 4.88. The first kappa shape index (κ1) is 15.8. The minimum absolute atomic E-state index is 0.0911. The number of carboxylic acids is 1. The van der Waals surface area contributed by atoms with E-state index < -0.39 is 5.97 Å². The monoisotopic (exact) mass is 302 g/mol. The van der Waals surface area contributed by atoms with E-state index in [2.05, 4.69) is 10.2 Å². The van der Waals surface area contributed by atoms with Gasteiger partial charge in [-0.1, -0.05) is 19.1 Å². The second kappa shape index (κ2) is 7.40. The van der Waals surface area contributed by atoms with Crippen LogP contribution in [0.15, 0.2) is 35.1 Å². The molecule has 2 rings (SSSR count). The van der Waals surface area contributed by atoms with Crippen molar-refractivity contribution < 1.29 is 14.6 Å². The molecule has 0 aliphatic carbocycles. The lowest BCUT2D eigenvalue weighted by molar-refractivity contribution is -0.136. The average molecular weight is 302 g/mol. The first-order valence-corrected chi connectivity index (χ1v) is 7.13. The van der Waals surface area contributed by atoms with E-state index in [-0.39, 0.29) is 18.4 Å². The lowest BCUT2D eigenvalue weighted by Crippen LogP contribution is -2.15. The predicted molar refractivity (Wildman–Crippen MR) is 82.0 cm³/mol. The summed E-state index contributed by atoms with van der Waals surface area (Å²) in [4.78, 5) is 22.3. The van der Waals surface area contributed by atoms with Crippen LogP contribution in [0.1, 0.15) is 25.3 Å². The van der Waals surface area contributed by atoms with Gasteiger partial charge in [0.15, 0.2) is 0 Å². The number of nitrogens with zero attached hydrogens (tertiary/aromatic N) is 1. The Morgan fingerprint density at radius 3 is 2.91 bits per heavy atom. The quantitative estimate of drug-likeness (QED) is 0.818. The molecule has 0 saturated carbocycles. The number of aliphatic carboxylic acids is 1. The van der Waals surface area contributed by atoms with Crippen molar-refractivity contribution in [2.24, 2.45) is 0 Å². The topological polar surface area (TPSA) is 92.3 Å². The predicted octanol–water partition coefficient (Wildman–Crippen LogP) is 2.24. The van der Waals surface area contributed by atoms with E-state index in [4.69, 9.17) is 9.84 Å². The van der Waals surface area contributed by atoms with Crippen LogP contribution in [0.4, 0.5) is 0 Å². The number of hydrogen-bond acceptors (Lipinski definition) is 4. The molecule has 0 aliphatic heterocycles. The van der Waals surface area contributed by atoms with Crippen molar-refractivity contribution in [1.82, 2.24) is 10.2 Å². The van der Waals surface area contributed by atoms with Gasteiger partial charge in [-0.15, -0.1) is 0 Å². The molecular formula is C16H18N2O4. The molecule has 1 aromatic carbocycles. The van der Waals surface area contributed by atoms with Crippen LogP contribution >= 0.6 is 0 Å². The highest BCUT2D eigenvalue weighted by Crippen LogP contribution is 2.22. The van der Waals surface area contributed by atoms with Gasteiger partial charge in [0.25, 0.3) is 5.56 Å². The van der Waals surface area contributed by atoms with Gasteiger partial charge in [-0.05, 0) is 31.0 Å². The molecule has 0 bridgehead atoms. The average Bonchev–Trinajstić information content (AvgIpc) is 2.52.